The Morgan fingerprint density at radius 2 is 1.44 bits per heavy atom. The maximum atomic E-state index is 14.7. The van der Waals surface area contributed by atoms with Gasteiger partial charge in [0.1, 0.15) is 5.82 Å². The number of hydrogen-bond donors (Lipinski definition) is 0. The lowest BCUT2D eigenvalue weighted by molar-refractivity contribution is 0.632. The summed E-state index contributed by atoms with van der Waals surface area (Å²) in [5.74, 6) is -0.166. The van der Waals surface area contributed by atoms with E-state index in [4.69, 9.17) is 0 Å². The van der Waals surface area contributed by atoms with Crippen LogP contribution in [0.3, 0.4) is 0 Å². The first-order chi connectivity index (χ1) is 12.1. The smallest absolute Gasteiger partial charge is 0.131 e. The summed E-state index contributed by atoms with van der Waals surface area (Å²) in [5, 5.41) is 0. The average molecular weight is 349 g/mol. The van der Waals surface area contributed by atoms with Gasteiger partial charge in [-0.15, -0.1) is 0 Å². The zero-order valence-electron chi connectivity index (χ0n) is 15.2. The van der Waals surface area contributed by atoms with E-state index in [-0.39, 0.29) is 5.82 Å². The van der Waals surface area contributed by atoms with Gasteiger partial charge in [0.05, 0.1) is 0 Å². The van der Waals surface area contributed by atoms with E-state index in [1.165, 1.54) is 11.1 Å². The molecule has 3 aromatic carbocycles. The number of aryl methyl sites for hydroxylation is 1. The highest BCUT2D eigenvalue weighted by Gasteiger charge is 2.08. The van der Waals surface area contributed by atoms with Crippen LogP contribution in [0.15, 0.2) is 66.7 Å². The largest absolute Gasteiger partial charge is 0.206 e. The lowest BCUT2D eigenvalue weighted by Gasteiger charge is -2.10. The second-order valence-electron chi connectivity index (χ2n) is 6.92. The van der Waals surface area contributed by atoms with E-state index in [1.807, 2.05) is 24.3 Å². The Kier molecular flexibility index (Phi) is 5.49. The minimum absolute atomic E-state index is 0.166. The first-order valence-electron chi connectivity index (χ1n) is 9.07. The molecule has 0 aliphatic carbocycles. The summed E-state index contributed by atoms with van der Waals surface area (Å²) in [5.41, 5.74) is 6.90. The van der Waals surface area contributed by atoms with Gasteiger partial charge in [-0.05, 0) is 45.8 Å². The van der Waals surface area contributed by atoms with Crippen molar-refractivity contribution in [2.24, 2.45) is 0 Å². The fraction of sp³-hybridized carbons (Fsp3) is 0.217. The van der Waals surface area contributed by atoms with E-state index in [1.54, 1.807) is 6.07 Å². The standard InChI is InChI=1S/C23H25FSi/c1-3-4-17-5-7-20(8-6-17)22-14-13-21(15-23(22)24)19-11-9-18(10-12-19)16(2)25/h5-16H,3-4H2,1-2,25H3. The van der Waals surface area contributed by atoms with Crippen molar-refractivity contribution < 1.29 is 4.39 Å². The second-order valence-corrected chi connectivity index (χ2v) is 8.65. The maximum absolute atomic E-state index is 14.7. The van der Waals surface area contributed by atoms with Crippen molar-refractivity contribution >= 4 is 10.2 Å². The highest BCUT2D eigenvalue weighted by Crippen LogP contribution is 2.29. The van der Waals surface area contributed by atoms with Crippen molar-refractivity contribution in [3.8, 4) is 22.3 Å². The van der Waals surface area contributed by atoms with Crippen molar-refractivity contribution in [3.05, 3.63) is 83.7 Å². The Bertz CT molecular complexity index is 833. The van der Waals surface area contributed by atoms with Gasteiger partial charge in [-0.2, -0.15) is 0 Å². The molecule has 3 rings (SSSR count). The molecule has 0 fully saturated rings. The van der Waals surface area contributed by atoms with Crippen LogP contribution in [0.5, 0.6) is 0 Å². The van der Waals surface area contributed by atoms with E-state index in [2.05, 4.69) is 50.2 Å². The predicted octanol–water partition coefficient (Wildman–Crippen LogP) is 5.54. The van der Waals surface area contributed by atoms with Crippen LogP contribution in [0.1, 0.15) is 36.9 Å². The average Bonchev–Trinajstić information content (AvgIpc) is 2.63. The van der Waals surface area contributed by atoms with Crippen LogP contribution >= 0.6 is 0 Å². The second kappa shape index (κ2) is 7.79. The van der Waals surface area contributed by atoms with Crippen LogP contribution in [0, 0.1) is 5.82 Å². The molecule has 0 aromatic heterocycles. The molecule has 0 radical (unpaired) electrons. The van der Waals surface area contributed by atoms with Crippen molar-refractivity contribution in [2.75, 3.05) is 0 Å². The van der Waals surface area contributed by atoms with Crippen molar-refractivity contribution in [2.45, 2.75) is 32.2 Å². The molecule has 0 N–H and O–H groups in total. The fourth-order valence-corrected chi connectivity index (χ4v) is 3.51. The minimum atomic E-state index is -0.166. The van der Waals surface area contributed by atoms with E-state index in [0.717, 1.165) is 39.8 Å². The molecule has 3 aromatic rings. The molecule has 0 amide bonds. The molecule has 0 saturated carbocycles. The van der Waals surface area contributed by atoms with Crippen molar-refractivity contribution in [3.63, 3.8) is 0 Å². The molecule has 128 valence electrons. The summed E-state index contributed by atoms with van der Waals surface area (Å²) >= 11 is 0. The number of hydrogen-bond acceptors (Lipinski definition) is 0. The van der Waals surface area contributed by atoms with Crippen molar-refractivity contribution in [1.29, 1.82) is 0 Å². The van der Waals surface area contributed by atoms with E-state index in [9.17, 15) is 4.39 Å². The first kappa shape index (κ1) is 17.6. The molecule has 0 bridgehead atoms. The molecule has 0 nitrogen and oxygen atoms in total. The van der Waals surface area contributed by atoms with Crippen LogP contribution < -0.4 is 0 Å². The van der Waals surface area contributed by atoms with Crippen LogP contribution in [0.25, 0.3) is 22.3 Å². The van der Waals surface area contributed by atoms with E-state index >= 15 is 0 Å². The Balaban J connectivity index is 1.87. The first-order valence-corrected chi connectivity index (χ1v) is 10.2. The summed E-state index contributed by atoms with van der Waals surface area (Å²) in [4.78, 5) is 0. The van der Waals surface area contributed by atoms with Gasteiger partial charge in [-0.1, -0.05) is 80.9 Å². The molecule has 0 aliphatic heterocycles. The summed E-state index contributed by atoms with van der Waals surface area (Å²) in [7, 11) is 1.15. The number of rotatable bonds is 5. The Hall–Kier alpha value is -2.19. The van der Waals surface area contributed by atoms with Crippen molar-refractivity contribution in [1.82, 2.24) is 0 Å². The number of benzene rings is 3. The zero-order valence-corrected chi connectivity index (χ0v) is 17.2. The van der Waals surface area contributed by atoms with Gasteiger partial charge in [0, 0.05) is 15.8 Å². The highest BCUT2D eigenvalue weighted by molar-refractivity contribution is 6.12. The predicted molar refractivity (Wildman–Crippen MR) is 110 cm³/mol. The van der Waals surface area contributed by atoms with Crippen LogP contribution in [0.2, 0.25) is 0 Å². The van der Waals surface area contributed by atoms with Gasteiger partial charge in [0.25, 0.3) is 0 Å². The summed E-state index contributed by atoms with van der Waals surface area (Å²) in [6.45, 7) is 4.41. The van der Waals surface area contributed by atoms with Crippen LogP contribution in [-0.2, 0) is 6.42 Å². The van der Waals surface area contributed by atoms with Gasteiger partial charge in [0.2, 0.25) is 0 Å². The molecular formula is C23H25FSi. The van der Waals surface area contributed by atoms with E-state index < -0.39 is 0 Å². The Morgan fingerprint density at radius 1 is 0.840 bits per heavy atom. The molecule has 0 spiro atoms. The number of halogens is 1. The fourth-order valence-electron chi connectivity index (χ4n) is 3.13. The van der Waals surface area contributed by atoms with E-state index in [0.29, 0.717) is 11.1 Å². The molecule has 1 unspecified atom stereocenters. The summed E-state index contributed by atoms with van der Waals surface area (Å²) < 4.78 is 14.7. The molecule has 0 heterocycles. The topological polar surface area (TPSA) is 0 Å². The molecule has 0 aliphatic rings. The molecule has 1 atom stereocenters. The molecule has 2 heteroatoms. The van der Waals surface area contributed by atoms with Gasteiger partial charge < -0.3 is 0 Å². The molecule has 0 saturated heterocycles. The summed E-state index contributed by atoms with van der Waals surface area (Å²) in [6, 6.07) is 22.3. The highest BCUT2D eigenvalue weighted by atomic mass is 28.1. The maximum Gasteiger partial charge on any atom is 0.131 e. The lowest BCUT2D eigenvalue weighted by Crippen LogP contribution is -1.92. The Labute approximate surface area is 153 Å². The quantitative estimate of drug-likeness (QED) is 0.531. The third-order valence-corrected chi connectivity index (χ3v) is 5.35. The van der Waals surface area contributed by atoms with Gasteiger partial charge in [-0.25, -0.2) is 4.39 Å². The monoisotopic (exact) mass is 348 g/mol. The van der Waals surface area contributed by atoms with Crippen LogP contribution in [-0.4, -0.2) is 10.2 Å². The van der Waals surface area contributed by atoms with Gasteiger partial charge >= 0.3 is 0 Å². The SMILES string of the molecule is CCCc1ccc(-c2ccc(-c3ccc(C(C)[SiH3])cc3)cc2F)cc1. The van der Waals surface area contributed by atoms with Gasteiger partial charge in [0.15, 0.2) is 0 Å². The van der Waals surface area contributed by atoms with Gasteiger partial charge in [-0.3, -0.25) is 0 Å². The molecule has 25 heavy (non-hydrogen) atoms. The van der Waals surface area contributed by atoms with Crippen LogP contribution in [0.4, 0.5) is 4.39 Å². The third kappa shape index (κ3) is 4.08. The minimum Gasteiger partial charge on any atom is -0.206 e. The lowest BCUT2D eigenvalue weighted by atomic mass is 9.97. The normalized spacial score (nSPS) is 12.3. The Morgan fingerprint density at radius 3 is 2.00 bits per heavy atom. The third-order valence-electron chi connectivity index (χ3n) is 4.68. The summed E-state index contributed by atoms with van der Waals surface area (Å²) in [6.07, 6.45) is 2.19. The zero-order chi connectivity index (χ0) is 17.8. The molecular weight excluding hydrogens is 323 g/mol.